The lowest BCUT2D eigenvalue weighted by Crippen LogP contribution is -2.44. The summed E-state index contributed by atoms with van der Waals surface area (Å²) in [6.45, 7) is 0. The minimum absolute atomic E-state index is 0.316. The zero-order chi connectivity index (χ0) is 23.8. The van der Waals surface area contributed by atoms with E-state index in [0.717, 1.165) is 17.5 Å². The summed E-state index contributed by atoms with van der Waals surface area (Å²) in [7, 11) is -3.41. The molecule has 33 heavy (non-hydrogen) atoms. The molecule has 0 aliphatic rings. The van der Waals surface area contributed by atoms with Gasteiger partial charge in [-0.05, 0) is 42.7 Å². The summed E-state index contributed by atoms with van der Waals surface area (Å²) in [5.74, 6) is -0.0871. The van der Waals surface area contributed by atoms with Gasteiger partial charge in [-0.3, -0.25) is 14.3 Å². The molecule has 3 aromatic rings. The van der Waals surface area contributed by atoms with Crippen molar-refractivity contribution in [3.05, 3.63) is 65.5 Å². The number of benzene rings is 2. The highest BCUT2D eigenvalue weighted by atomic mass is 32.2. The first kappa shape index (κ1) is 24.7. The van der Waals surface area contributed by atoms with Crippen LogP contribution >= 0.6 is 23.1 Å². The van der Waals surface area contributed by atoms with Crippen LogP contribution in [0.3, 0.4) is 0 Å². The molecule has 1 aromatic heterocycles. The number of carbonyl (C=O) groups excluding carboxylic acids is 2. The van der Waals surface area contributed by atoms with Gasteiger partial charge in [0.05, 0.1) is 11.9 Å². The van der Waals surface area contributed by atoms with E-state index in [1.165, 1.54) is 35.6 Å². The van der Waals surface area contributed by atoms with Gasteiger partial charge in [-0.25, -0.2) is 13.4 Å². The van der Waals surface area contributed by atoms with Crippen molar-refractivity contribution < 1.29 is 18.0 Å². The fourth-order valence-corrected chi connectivity index (χ4v) is 4.67. The number of sulfonamides is 1. The molecule has 0 fully saturated rings. The van der Waals surface area contributed by atoms with E-state index in [2.05, 4.69) is 20.3 Å². The summed E-state index contributed by atoms with van der Waals surface area (Å²) < 4.78 is 25.0. The van der Waals surface area contributed by atoms with E-state index in [-0.39, 0.29) is 5.91 Å². The van der Waals surface area contributed by atoms with E-state index < -0.39 is 22.0 Å². The van der Waals surface area contributed by atoms with Gasteiger partial charge in [0.25, 0.3) is 5.91 Å². The van der Waals surface area contributed by atoms with Crippen molar-refractivity contribution in [2.75, 3.05) is 28.3 Å². The highest BCUT2D eigenvalue weighted by Crippen LogP contribution is 2.24. The molecule has 0 saturated heterocycles. The fraction of sp³-hybridized carbons (Fsp3) is 0.227. The van der Waals surface area contributed by atoms with Crippen molar-refractivity contribution in [3.8, 4) is 11.3 Å². The van der Waals surface area contributed by atoms with Gasteiger partial charge >= 0.3 is 0 Å². The number of thioether (sulfide) groups is 1. The molecule has 0 radical (unpaired) electrons. The maximum Gasteiger partial charge on any atom is 0.251 e. The summed E-state index contributed by atoms with van der Waals surface area (Å²) in [6, 6.07) is 14.9. The molecule has 3 N–H and O–H groups in total. The topological polar surface area (TPSA) is 117 Å². The summed E-state index contributed by atoms with van der Waals surface area (Å²) in [5, 5.41) is 7.89. The average molecular weight is 505 g/mol. The third-order valence-electron chi connectivity index (χ3n) is 4.49. The number of hydrogen-bond donors (Lipinski definition) is 3. The van der Waals surface area contributed by atoms with Crippen molar-refractivity contribution in [3.63, 3.8) is 0 Å². The Hall–Kier alpha value is -2.89. The van der Waals surface area contributed by atoms with Gasteiger partial charge in [0.15, 0.2) is 5.13 Å². The molecular weight excluding hydrogens is 480 g/mol. The van der Waals surface area contributed by atoms with Crippen molar-refractivity contribution >= 4 is 55.8 Å². The van der Waals surface area contributed by atoms with Gasteiger partial charge in [-0.1, -0.05) is 30.3 Å². The van der Waals surface area contributed by atoms with Crippen LogP contribution in [0.4, 0.5) is 10.8 Å². The van der Waals surface area contributed by atoms with Crippen LogP contribution in [0.2, 0.25) is 0 Å². The molecule has 1 unspecified atom stereocenters. The second-order valence-corrected chi connectivity index (χ2v) is 10.7. The fourth-order valence-electron chi connectivity index (χ4n) is 2.91. The monoisotopic (exact) mass is 504 g/mol. The molecule has 0 aliphatic carbocycles. The molecule has 11 heteroatoms. The van der Waals surface area contributed by atoms with Crippen LogP contribution in [0.25, 0.3) is 11.3 Å². The maximum atomic E-state index is 12.9. The van der Waals surface area contributed by atoms with E-state index in [9.17, 15) is 18.0 Å². The number of thiazole rings is 1. The van der Waals surface area contributed by atoms with Gasteiger partial charge in [0.2, 0.25) is 15.9 Å². The largest absolute Gasteiger partial charge is 0.340 e. The minimum Gasteiger partial charge on any atom is -0.340 e. The number of rotatable bonds is 10. The number of amides is 2. The Bertz CT molecular complexity index is 1200. The standard InChI is InChI=1S/C22H24N4O4S3/c1-31-13-12-18(23-20(27)16-8-10-17(11-9-16)26-33(2,29)30)21(28)25-22-24-19(14-32-22)15-6-4-3-5-7-15/h3-11,14,18,26H,12-13H2,1-2H3,(H,23,27)(H,24,25,28). The van der Waals surface area contributed by atoms with E-state index in [4.69, 9.17) is 0 Å². The lowest BCUT2D eigenvalue weighted by molar-refractivity contribution is -0.118. The molecule has 8 nitrogen and oxygen atoms in total. The van der Waals surface area contributed by atoms with Crippen molar-refractivity contribution in [1.82, 2.24) is 10.3 Å². The maximum absolute atomic E-state index is 12.9. The molecule has 0 spiro atoms. The molecular formula is C22H24N4O4S3. The average Bonchev–Trinajstić information content (AvgIpc) is 3.25. The number of carbonyl (C=O) groups is 2. The molecule has 0 saturated carbocycles. The zero-order valence-electron chi connectivity index (χ0n) is 18.1. The van der Waals surface area contributed by atoms with E-state index in [1.54, 1.807) is 11.8 Å². The van der Waals surface area contributed by atoms with Gasteiger partial charge in [-0.2, -0.15) is 11.8 Å². The third kappa shape index (κ3) is 7.58. The van der Waals surface area contributed by atoms with E-state index >= 15 is 0 Å². The number of nitrogens with zero attached hydrogens (tertiary/aromatic N) is 1. The van der Waals surface area contributed by atoms with Gasteiger partial charge in [0, 0.05) is 22.2 Å². The summed E-state index contributed by atoms with van der Waals surface area (Å²) >= 11 is 2.89. The summed E-state index contributed by atoms with van der Waals surface area (Å²) in [6.07, 6.45) is 3.43. The Morgan fingerprint density at radius 1 is 1.09 bits per heavy atom. The first-order valence-electron chi connectivity index (χ1n) is 9.94. The predicted octanol–water partition coefficient (Wildman–Crippen LogP) is 3.67. The van der Waals surface area contributed by atoms with Crippen molar-refractivity contribution in [1.29, 1.82) is 0 Å². The molecule has 2 aromatic carbocycles. The highest BCUT2D eigenvalue weighted by Gasteiger charge is 2.22. The number of nitrogens with one attached hydrogen (secondary N) is 3. The van der Waals surface area contributed by atoms with Crippen molar-refractivity contribution in [2.45, 2.75) is 12.5 Å². The SMILES string of the molecule is CSCCC(NC(=O)c1ccc(NS(C)(=O)=O)cc1)C(=O)Nc1nc(-c2ccccc2)cs1. The second kappa shape index (κ2) is 11.3. The normalized spacial score (nSPS) is 12.1. The van der Waals surface area contributed by atoms with E-state index in [1.807, 2.05) is 42.0 Å². The van der Waals surface area contributed by atoms with Crippen LogP contribution in [0.15, 0.2) is 60.0 Å². The van der Waals surface area contributed by atoms with Gasteiger partial charge in [-0.15, -0.1) is 11.3 Å². The minimum atomic E-state index is -3.41. The Labute approximate surface area is 201 Å². The number of aromatic nitrogens is 1. The lowest BCUT2D eigenvalue weighted by Gasteiger charge is -2.17. The first-order chi connectivity index (χ1) is 15.7. The lowest BCUT2D eigenvalue weighted by atomic mass is 10.1. The number of hydrogen-bond acceptors (Lipinski definition) is 7. The first-order valence-corrected chi connectivity index (χ1v) is 14.1. The quantitative estimate of drug-likeness (QED) is 0.388. The summed E-state index contributed by atoms with van der Waals surface area (Å²) in [4.78, 5) is 30.1. The number of anilines is 2. The third-order valence-corrected chi connectivity index (χ3v) is 6.49. The van der Waals surface area contributed by atoms with Crippen LogP contribution in [0.1, 0.15) is 16.8 Å². The molecule has 1 heterocycles. The van der Waals surface area contributed by atoms with Gasteiger partial charge < -0.3 is 10.6 Å². The van der Waals surface area contributed by atoms with Crippen LogP contribution < -0.4 is 15.4 Å². The van der Waals surface area contributed by atoms with Crippen LogP contribution in [0, 0.1) is 0 Å². The van der Waals surface area contributed by atoms with Crippen LogP contribution in [-0.2, 0) is 14.8 Å². The Kier molecular flexibility index (Phi) is 8.48. The Morgan fingerprint density at radius 3 is 2.42 bits per heavy atom. The van der Waals surface area contributed by atoms with E-state index in [0.29, 0.717) is 28.6 Å². The zero-order valence-corrected chi connectivity index (χ0v) is 20.5. The molecule has 2 amide bonds. The summed E-state index contributed by atoms with van der Waals surface area (Å²) in [5.41, 5.74) is 2.39. The Balaban J connectivity index is 1.67. The molecule has 0 aliphatic heterocycles. The van der Waals surface area contributed by atoms with Crippen LogP contribution in [-0.4, -0.2) is 49.5 Å². The van der Waals surface area contributed by atoms with Crippen LogP contribution in [0.5, 0.6) is 0 Å². The highest BCUT2D eigenvalue weighted by molar-refractivity contribution is 7.98. The second-order valence-electron chi connectivity index (χ2n) is 7.15. The molecule has 0 bridgehead atoms. The van der Waals surface area contributed by atoms with Gasteiger partial charge in [0.1, 0.15) is 6.04 Å². The Morgan fingerprint density at radius 2 is 1.79 bits per heavy atom. The molecule has 1 atom stereocenters. The van der Waals surface area contributed by atoms with Crippen molar-refractivity contribution in [2.24, 2.45) is 0 Å². The smallest absolute Gasteiger partial charge is 0.251 e. The molecule has 174 valence electrons. The molecule has 3 rings (SSSR count). The predicted molar refractivity (Wildman–Crippen MR) is 135 cm³/mol.